The van der Waals surface area contributed by atoms with E-state index in [2.05, 4.69) is 0 Å². The molecule has 108 valence electrons. The van der Waals surface area contributed by atoms with Crippen LogP contribution in [0.1, 0.15) is 28.9 Å². The molecular weight excluding hydrogens is 262 g/mol. The second-order valence-electron chi connectivity index (χ2n) is 5.13. The Labute approximate surface area is 125 Å². The molecule has 0 spiro atoms. The van der Waals surface area contributed by atoms with Gasteiger partial charge in [0.05, 0.1) is 6.04 Å². The van der Waals surface area contributed by atoms with E-state index in [-0.39, 0.29) is 17.9 Å². The smallest absolute Gasteiger partial charge is 0.254 e. The van der Waals surface area contributed by atoms with Crippen molar-refractivity contribution in [3.63, 3.8) is 0 Å². The van der Waals surface area contributed by atoms with Crippen molar-refractivity contribution in [2.75, 3.05) is 7.05 Å². The van der Waals surface area contributed by atoms with E-state index in [1.165, 1.54) is 0 Å². The second-order valence-corrected chi connectivity index (χ2v) is 5.13. The van der Waals surface area contributed by atoms with Crippen LogP contribution in [0.3, 0.4) is 0 Å². The highest BCUT2D eigenvalue weighted by Gasteiger charge is 2.27. The van der Waals surface area contributed by atoms with Crippen molar-refractivity contribution in [3.05, 3.63) is 71.8 Å². The lowest BCUT2D eigenvalue weighted by Gasteiger charge is -2.31. The van der Waals surface area contributed by atoms with Crippen LogP contribution < -0.4 is 0 Å². The first-order chi connectivity index (χ1) is 10.1. The van der Waals surface area contributed by atoms with Crippen molar-refractivity contribution in [1.82, 2.24) is 4.90 Å². The Morgan fingerprint density at radius 2 is 1.52 bits per heavy atom. The number of aldehydes is 1. The first kappa shape index (κ1) is 15.0. The van der Waals surface area contributed by atoms with Crippen LogP contribution in [0.15, 0.2) is 60.7 Å². The van der Waals surface area contributed by atoms with Gasteiger partial charge in [0.2, 0.25) is 0 Å². The third kappa shape index (κ3) is 3.37. The Kier molecular flexibility index (Phi) is 4.88. The molecule has 0 fully saturated rings. The molecule has 0 aliphatic rings. The topological polar surface area (TPSA) is 37.4 Å². The zero-order valence-corrected chi connectivity index (χ0v) is 12.3. The normalized spacial score (nSPS) is 13.2. The average molecular weight is 281 g/mol. The van der Waals surface area contributed by atoms with E-state index >= 15 is 0 Å². The minimum atomic E-state index is -0.273. The maximum Gasteiger partial charge on any atom is 0.254 e. The summed E-state index contributed by atoms with van der Waals surface area (Å²) in [6.07, 6.45) is 0.895. The van der Waals surface area contributed by atoms with Crippen LogP contribution in [-0.2, 0) is 4.79 Å². The molecule has 0 bridgehead atoms. The van der Waals surface area contributed by atoms with Gasteiger partial charge in [-0.05, 0) is 17.7 Å². The van der Waals surface area contributed by atoms with Crippen molar-refractivity contribution in [1.29, 1.82) is 0 Å². The zero-order chi connectivity index (χ0) is 15.2. The predicted octanol–water partition coefficient (Wildman–Crippen LogP) is 3.33. The molecule has 1 amide bonds. The predicted molar refractivity (Wildman–Crippen MR) is 82.9 cm³/mol. The maximum atomic E-state index is 12.6. The highest BCUT2D eigenvalue weighted by Crippen LogP contribution is 2.27. The number of rotatable bonds is 5. The summed E-state index contributed by atoms with van der Waals surface area (Å²) in [5, 5.41) is 0. The third-order valence-corrected chi connectivity index (χ3v) is 3.61. The highest BCUT2D eigenvalue weighted by atomic mass is 16.2. The van der Waals surface area contributed by atoms with Crippen LogP contribution in [0.25, 0.3) is 0 Å². The number of amides is 1. The van der Waals surface area contributed by atoms with Crippen LogP contribution in [-0.4, -0.2) is 24.1 Å². The summed E-state index contributed by atoms with van der Waals surface area (Å²) in [5.41, 5.74) is 1.59. The standard InChI is InChI=1S/C18H19NO2/c1-14(13-20)17(15-9-5-3-6-10-15)19(2)18(21)16-11-7-4-8-12-16/h3-14,17H,1-2H3/t14-,17+/m1/s1. The minimum Gasteiger partial charge on any atom is -0.334 e. The molecule has 0 N–H and O–H groups in total. The molecule has 3 nitrogen and oxygen atoms in total. The van der Waals surface area contributed by atoms with Gasteiger partial charge < -0.3 is 9.69 Å². The SMILES string of the molecule is C[C@H](C=O)[C@@H](c1ccccc1)N(C)C(=O)c1ccccc1. The maximum absolute atomic E-state index is 12.6. The summed E-state index contributed by atoms with van der Waals surface area (Å²) < 4.78 is 0. The molecule has 2 aromatic carbocycles. The van der Waals surface area contributed by atoms with Crippen LogP contribution in [0.4, 0.5) is 0 Å². The van der Waals surface area contributed by atoms with Gasteiger partial charge in [-0.2, -0.15) is 0 Å². The third-order valence-electron chi connectivity index (χ3n) is 3.61. The van der Waals surface area contributed by atoms with Crippen LogP contribution in [0.2, 0.25) is 0 Å². The fraction of sp³-hybridized carbons (Fsp3) is 0.222. The van der Waals surface area contributed by atoms with Crippen molar-refractivity contribution in [3.8, 4) is 0 Å². The number of benzene rings is 2. The van der Waals surface area contributed by atoms with Gasteiger partial charge in [0.25, 0.3) is 5.91 Å². The molecule has 3 heteroatoms. The first-order valence-corrected chi connectivity index (χ1v) is 6.97. The Hall–Kier alpha value is -2.42. The van der Waals surface area contributed by atoms with Crippen molar-refractivity contribution < 1.29 is 9.59 Å². The lowest BCUT2D eigenvalue weighted by Crippen LogP contribution is -2.35. The quantitative estimate of drug-likeness (QED) is 0.788. The van der Waals surface area contributed by atoms with Crippen molar-refractivity contribution in [2.24, 2.45) is 5.92 Å². The lowest BCUT2D eigenvalue weighted by atomic mass is 9.94. The molecule has 0 aliphatic heterocycles. The molecule has 0 heterocycles. The molecule has 0 saturated heterocycles. The van der Waals surface area contributed by atoms with Crippen molar-refractivity contribution >= 4 is 12.2 Å². The van der Waals surface area contributed by atoms with Gasteiger partial charge >= 0.3 is 0 Å². The molecule has 2 atom stereocenters. The van der Waals surface area contributed by atoms with Gasteiger partial charge in [-0.25, -0.2) is 0 Å². The fourth-order valence-electron chi connectivity index (χ4n) is 2.52. The summed E-state index contributed by atoms with van der Waals surface area (Å²) in [6.45, 7) is 1.83. The number of hydrogen-bond donors (Lipinski definition) is 0. The van der Waals surface area contributed by atoms with E-state index in [0.29, 0.717) is 5.56 Å². The molecule has 0 aromatic heterocycles. The van der Waals surface area contributed by atoms with Gasteiger partial charge in [-0.15, -0.1) is 0 Å². The molecule has 0 unspecified atom stereocenters. The summed E-state index contributed by atoms with van der Waals surface area (Å²) in [5.74, 6) is -0.358. The second kappa shape index (κ2) is 6.84. The zero-order valence-electron chi connectivity index (χ0n) is 12.3. The molecule has 21 heavy (non-hydrogen) atoms. The van der Waals surface area contributed by atoms with Gasteiger partial charge in [0.1, 0.15) is 6.29 Å². The summed E-state index contributed by atoms with van der Waals surface area (Å²) in [6, 6.07) is 18.5. The van der Waals surface area contributed by atoms with E-state index in [1.807, 2.05) is 55.5 Å². The molecule has 0 saturated carbocycles. The molecule has 0 radical (unpaired) electrons. The molecule has 0 aliphatic carbocycles. The Morgan fingerprint density at radius 1 is 1.00 bits per heavy atom. The Morgan fingerprint density at radius 3 is 2.05 bits per heavy atom. The minimum absolute atomic E-state index is 0.0850. The van der Waals surface area contributed by atoms with Crippen LogP contribution in [0.5, 0.6) is 0 Å². The van der Waals surface area contributed by atoms with E-state index in [1.54, 1.807) is 24.1 Å². The van der Waals surface area contributed by atoms with Crippen LogP contribution in [0, 0.1) is 5.92 Å². The van der Waals surface area contributed by atoms with Gasteiger partial charge in [0.15, 0.2) is 0 Å². The first-order valence-electron chi connectivity index (χ1n) is 6.97. The number of carbonyl (C=O) groups excluding carboxylic acids is 2. The number of nitrogens with zero attached hydrogens (tertiary/aromatic N) is 1. The molecule has 2 rings (SSSR count). The Balaban J connectivity index is 2.33. The van der Waals surface area contributed by atoms with E-state index in [4.69, 9.17) is 0 Å². The highest BCUT2D eigenvalue weighted by molar-refractivity contribution is 5.94. The summed E-state index contributed by atoms with van der Waals surface area (Å²) in [7, 11) is 1.74. The Bertz CT molecular complexity index is 595. The fourth-order valence-corrected chi connectivity index (χ4v) is 2.52. The largest absolute Gasteiger partial charge is 0.334 e. The number of carbonyl (C=O) groups is 2. The van der Waals surface area contributed by atoms with Crippen molar-refractivity contribution in [2.45, 2.75) is 13.0 Å². The molecular formula is C18H19NO2. The van der Waals surface area contributed by atoms with Crippen LogP contribution >= 0.6 is 0 Å². The monoisotopic (exact) mass is 281 g/mol. The average Bonchev–Trinajstić information content (AvgIpc) is 2.55. The van der Waals surface area contributed by atoms with Gasteiger partial charge in [-0.1, -0.05) is 55.5 Å². The lowest BCUT2D eigenvalue weighted by molar-refractivity contribution is -0.112. The number of hydrogen-bond acceptors (Lipinski definition) is 2. The summed E-state index contributed by atoms with van der Waals surface area (Å²) >= 11 is 0. The van der Waals surface area contributed by atoms with Gasteiger partial charge in [-0.3, -0.25) is 4.79 Å². The van der Waals surface area contributed by atoms with E-state index in [9.17, 15) is 9.59 Å². The van der Waals surface area contributed by atoms with E-state index in [0.717, 1.165) is 11.8 Å². The summed E-state index contributed by atoms with van der Waals surface area (Å²) in [4.78, 5) is 25.5. The van der Waals surface area contributed by atoms with E-state index < -0.39 is 0 Å². The molecule has 2 aromatic rings. The van der Waals surface area contributed by atoms with Gasteiger partial charge in [0, 0.05) is 18.5 Å².